The number of benzene rings is 1. The van der Waals surface area contributed by atoms with Gasteiger partial charge in [0.2, 0.25) is 0 Å². The number of hydrogen-bond acceptors (Lipinski definition) is 6. The molecule has 0 atom stereocenters. The number of aromatic nitrogens is 2. The number of carbonyl (C=O) groups is 1. The second-order valence-electron chi connectivity index (χ2n) is 5.12. The molecule has 0 radical (unpaired) electrons. The van der Waals surface area contributed by atoms with E-state index in [1.54, 1.807) is 6.92 Å². The summed E-state index contributed by atoms with van der Waals surface area (Å²) in [6.07, 6.45) is 1.49. The van der Waals surface area contributed by atoms with Crippen LogP contribution in [0.15, 0.2) is 30.6 Å². The van der Waals surface area contributed by atoms with Crippen molar-refractivity contribution in [2.75, 3.05) is 11.9 Å². The van der Waals surface area contributed by atoms with Gasteiger partial charge in [0.1, 0.15) is 21.9 Å². The van der Waals surface area contributed by atoms with E-state index in [9.17, 15) is 4.79 Å². The number of halogens is 1. The van der Waals surface area contributed by atoms with Crippen molar-refractivity contribution in [3.05, 3.63) is 51.6 Å². The Balaban J connectivity index is 1.94. The molecule has 0 amide bonds. The van der Waals surface area contributed by atoms with E-state index in [1.807, 2.05) is 31.2 Å². The minimum absolute atomic E-state index is 0.324. The average molecular weight is 362 g/mol. The molecule has 0 aliphatic rings. The van der Waals surface area contributed by atoms with Gasteiger partial charge in [0, 0.05) is 11.6 Å². The summed E-state index contributed by atoms with van der Waals surface area (Å²) in [7, 11) is 0. The maximum absolute atomic E-state index is 12.1. The van der Waals surface area contributed by atoms with E-state index < -0.39 is 0 Å². The normalized spacial score (nSPS) is 10.8. The van der Waals surface area contributed by atoms with E-state index in [2.05, 4.69) is 15.3 Å². The summed E-state index contributed by atoms with van der Waals surface area (Å²) in [6, 6.07) is 7.64. The third-order valence-corrected chi connectivity index (χ3v) is 5.14. The van der Waals surface area contributed by atoms with E-state index in [1.165, 1.54) is 17.7 Å². The Morgan fingerprint density at radius 2 is 2.12 bits per heavy atom. The first-order chi connectivity index (χ1) is 11.6. The highest BCUT2D eigenvalue weighted by molar-refractivity contribution is 7.20. The fraction of sp³-hybridized carbons (Fsp3) is 0.235. The monoisotopic (exact) mass is 361 g/mol. The maximum atomic E-state index is 12.1. The predicted molar refractivity (Wildman–Crippen MR) is 96.9 cm³/mol. The van der Waals surface area contributed by atoms with Gasteiger partial charge in [-0.2, -0.15) is 0 Å². The highest BCUT2D eigenvalue weighted by Gasteiger charge is 2.20. The molecule has 2 heterocycles. The molecule has 124 valence electrons. The van der Waals surface area contributed by atoms with Crippen molar-refractivity contribution in [3.63, 3.8) is 0 Å². The first kappa shape index (κ1) is 16.7. The quantitative estimate of drug-likeness (QED) is 0.680. The SMILES string of the molecule is CCOC(=O)c1sc2ncnc(NCc3ccccc3Cl)c2c1C. The van der Waals surface area contributed by atoms with E-state index in [-0.39, 0.29) is 5.97 Å². The maximum Gasteiger partial charge on any atom is 0.348 e. The minimum atomic E-state index is -0.324. The van der Waals surface area contributed by atoms with Gasteiger partial charge >= 0.3 is 5.97 Å². The second-order valence-corrected chi connectivity index (χ2v) is 6.53. The van der Waals surface area contributed by atoms with Gasteiger partial charge in [-0.25, -0.2) is 14.8 Å². The summed E-state index contributed by atoms with van der Waals surface area (Å²) >= 11 is 7.51. The minimum Gasteiger partial charge on any atom is -0.462 e. The molecule has 7 heteroatoms. The van der Waals surface area contributed by atoms with Crippen molar-refractivity contribution in [3.8, 4) is 0 Å². The van der Waals surface area contributed by atoms with Crippen LogP contribution < -0.4 is 5.32 Å². The molecule has 0 spiro atoms. The standard InChI is InChI=1S/C17H16ClN3O2S/c1-3-23-17(22)14-10(2)13-15(20-9-21-16(13)24-14)19-8-11-6-4-5-7-12(11)18/h4-7,9H,3,8H2,1-2H3,(H,19,20,21). The number of fused-ring (bicyclic) bond motifs is 1. The third kappa shape index (κ3) is 3.20. The topological polar surface area (TPSA) is 64.1 Å². The van der Waals surface area contributed by atoms with Crippen LogP contribution in [0.2, 0.25) is 5.02 Å². The van der Waals surface area contributed by atoms with Crippen molar-refractivity contribution in [2.24, 2.45) is 0 Å². The molecule has 24 heavy (non-hydrogen) atoms. The van der Waals surface area contributed by atoms with E-state index in [0.717, 1.165) is 21.3 Å². The summed E-state index contributed by atoms with van der Waals surface area (Å²) in [5, 5.41) is 4.83. The van der Waals surface area contributed by atoms with Crippen LogP contribution in [-0.4, -0.2) is 22.5 Å². The van der Waals surface area contributed by atoms with Crippen LogP contribution in [0.5, 0.6) is 0 Å². The number of carbonyl (C=O) groups excluding carboxylic acids is 1. The Bertz CT molecular complexity index is 895. The number of hydrogen-bond donors (Lipinski definition) is 1. The zero-order chi connectivity index (χ0) is 17.1. The summed E-state index contributed by atoms with van der Waals surface area (Å²) in [5.41, 5.74) is 1.81. The van der Waals surface area contributed by atoms with Crippen LogP contribution in [0.1, 0.15) is 27.7 Å². The Morgan fingerprint density at radius 1 is 1.33 bits per heavy atom. The first-order valence-corrected chi connectivity index (χ1v) is 8.69. The Kier molecular flexibility index (Phi) is 4.97. The molecule has 3 aromatic rings. The number of rotatable bonds is 5. The van der Waals surface area contributed by atoms with Crippen LogP contribution in [0.3, 0.4) is 0 Å². The van der Waals surface area contributed by atoms with Gasteiger partial charge < -0.3 is 10.1 Å². The number of nitrogens with one attached hydrogen (secondary N) is 1. The highest BCUT2D eigenvalue weighted by atomic mass is 35.5. The molecule has 0 saturated heterocycles. The zero-order valence-electron chi connectivity index (χ0n) is 13.3. The Labute approximate surface area is 148 Å². The second kappa shape index (κ2) is 7.15. The summed E-state index contributed by atoms with van der Waals surface area (Å²) in [6.45, 7) is 4.55. The summed E-state index contributed by atoms with van der Waals surface area (Å²) < 4.78 is 5.11. The molecule has 5 nitrogen and oxygen atoms in total. The summed E-state index contributed by atoms with van der Waals surface area (Å²) in [4.78, 5) is 22.0. The van der Waals surface area contributed by atoms with Crippen molar-refractivity contribution in [2.45, 2.75) is 20.4 Å². The van der Waals surface area contributed by atoms with E-state index >= 15 is 0 Å². The van der Waals surface area contributed by atoms with E-state index in [4.69, 9.17) is 16.3 Å². The third-order valence-electron chi connectivity index (χ3n) is 3.59. The van der Waals surface area contributed by atoms with Gasteiger partial charge in [-0.1, -0.05) is 29.8 Å². The van der Waals surface area contributed by atoms with Gasteiger partial charge in [-0.05, 0) is 31.0 Å². The molecule has 0 aliphatic carbocycles. The summed E-state index contributed by atoms with van der Waals surface area (Å²) in [5.74, 6) is 0.360. The number of esters is 1. The molecule has 0 fully saturated rings. The Morgan fingerprint density at radius 3 is 2.88 bits per heavy atom. The first-order valence-electron chi connectivity index (χ1n) is 7.50. The number of ether oxygens (including phenoxy) is 1. The molecular formula is C17H16ClN3O2S. The lowest BCUT2D eigenvalue weighted by molar-refractivity contribution is 0.0531. The molecule has 0 saturated carbocycles. The number of thiophene rings is 1. The predicted octanol–water partition coefficient (Wildman–Crippen LogP) is 4.44. The smallest absolute Gasteiger partial charge is 0.348 e. The van der Waals surface area contributed by atoms with Crippen molar-refractivity contribution < 1.29 is 9.53 Å². The lowest BCUT2D eigenvalue weighted by atomic mass is 10.2. The van der Waals surface area contributed by atoms with Gasteiger partial charge in [-0.3, -0.25) is 0 Å². The molecule has 1 aromatic carbocycles. The van der Waals surface area contributed by atoms with Crippen LogP contribution in [0, 0.1) is 6.92 Å². The lowest BCUT2D eigenvalue weighted by Gasteiger charge is -2.08. The average Bonchev–Trinajstić information content (AvgIpc) is 2.92. The van der Waals surface area contributed by atoms with Gasteiger partial charge in [0.15, 0.2) is 0 Å². The van der Waals surface area contributed by atoms with Crippen molar-refractivity contribution in [1.82, 2.24) is 9.97 Å². The number of nitrogens with zero attached hydrogens (tertiary/aromatic N) is 2. The van der Waals surface area contributed by atoms with Gasteiger partial charge in [-0.15, -0.1) is 11.3 Å². The van der Waals surface area contributed by atoms with Crippen molar-refractivity contribution in [1.29, 1.82) is 0 Å². The van der Waals surface area contributed by atoms with Crippen LogP contribution >= 0.6 is 22.9 Å². The highest BCUT2D eigenvalue weighted by Crippen LogP contribution is 2.34. The molecule has 0 bridgehead atoms. The molecule has 0 aliphatic heterocycles. The zero-order valence-corrected chi connectivity index (χ0v) is 14.9. The fourth-order valence-corrected chi connectivity index (χ4v) is 3.66. The van der Waals surface area contributed by atoms with Crippen molar-refractivity contribution >= 4 is 44.9 Å². The van der Waals surface area contributed by atoms with Crippen LogP contribution in [0.4, 0.5) is 5.82 Å². The molecule has 2 aromatic heterocycles. The Hall–Kier alpha value is -2.18. The number of aryl methyl sites for hydroxylation is 1. The largest absolute Gasteiger partial charge is 0.462 e. The fourth-order valence-electron chi connectivity index (χ4n) is 2.42. The lowest BCUT2D eigenvalue weighted by Crippen LogP contribution is -2.05. The van der Waals surface area contributed by atoms with Crippen LogP contribution in [-0.2, 0) is 11.3 Å². The molecular weight excluding hydrogens is 346 g/mol. The van der Waals surface area contributed by atoms with Crippen LogP contribution in [0.25, 0.3) is 10.2 Å². The van der Waals surface area contributed by atoms with E-state index in [0.29, 0.717) is 28.9 Å². The molecule has 1 N–H and O–H groups in total. The van der Waals surface area contributed by atoms with Gasteiger partial charge in [0.25, 0.3) is 0 Å². The van der Waals surface area contributed by atoms with Gasteiger partial charge in [0.05, 0.1) is 12.0 Å². The molecule has 3 rings (SSSR count). The number of anilines is 1. The molecule has 0 unspecified atom stereocenters.